The first-order chi connectivity index (χ1) is 6.24. The van der Waals surface area contributed by atoms with Gasteiger partial charge in [-0.15, -0.1) is 0 Å². The molecule has 70 valence electrons. The van der Waals surface area contributed by atoms with Gasteiger partial charge in [-0.2, -0.15) is 0 Å². The monoisotopic (exact) mass is 179 g/mol. The van der Waals surface area contributed by atoms with Crippen molar-refractivity contribution < 1.29 is 4.79 Å². The molecule has 4 heteroatoms. The summed E-state index contributed by atoms with van der Waals surface area (Å²) in [4.78, 5) is 15.1. The smallest absolute Gasteiger partial charge is 0.225 e. The van der Waals surface area contributed by atoms with Gasteiger partial charge in [0.25, 0.3) is 0 Å². The summed E-state index contributed by atoms with van der Waals surface area (Å²) in [6, 6.07) is 1.77. The quantitative estimate of drug-likeness (QED) is 0.716. The molecule has 0 radical (unpaired) electrons. The number of hydrogen-bond donors (Lipinski definition) is 2. The molecule has 0 unspecified atom stereocenters. The van der Waals surface area contributed by atoms with Crippen molar-refractivity contribution in [2.24, 2.45) is 5.73 Å². The summed E-state index contributed by atoms with van der Waals surface area (Å²) >= 11 is 0. The van der Waals surface area contributed by atoms with Crippen molar-refractivity contribution >= 4 is 11.6 Å². The number of aromatic nitrogens is 1. The molecule has 1 aromatic rings. The van der Waals surface area contributed by atoms with E-state index in [-0.39, 0.29) is 5.91 Å². The third-order valence-corrected chi connectivity index (χ3v) is 1.67. The molecule has 4 nitrogen and oxygen atoms in total. The van der Waals surface area contributed by atoms with E-state index in [0.717, 1.165) is 11.3 Å². The van der Waals surface area contributed by atoms with Gasteiger partial charge in [-0.3, -0.25) is 9.78 Å². The lowest BCUT2D eigenvalue weighted by Gasteiger charge is -2.05. The molecule has 13 heavy (non-hydrogen) atoms. The molecule has 0 aromatic carbocycles. The molecule has 0 atom stereocenters. The van der Waals surface area contributed by atoms with Crippen LogP contribution in [0.15, 0.2) is 18.5 Å². The number of amides is 1. The molecular weight excluding hydrogens is 166 g/mol. The van der Waals surface area contributed by atoms with Gasteiger partial charge in [0.05, 0.1) is 0 Å². The van der Waals surface area contributed by atoms with Crippen LogP contribution in [-0.4, -0.2) is 17.4 Å². The van der Waals surface area contributed by atoms with Gasteiger partial charge in [-0.1, -0.05) is 0 Å². The Morgan fingerprint density at radius 2 is 2.46 bits per heavy atom. The van der Waals surface area contributed by atoms with Crippen LogP contribution < -0.4 is 11.1 Å². The van der Waals surface area contributed by atoms with Crippen LogP contribution in [0.5, 0.6) is 0 Å². The third kappa shape index (κ3) is 2.83. The van der Waals surface area contributed by atoms with Crippen LogP contribution in [0.1, 0.15) is 12.0 Å². The van der Waals surface area contributed by atoms with E-state index >= 15 is 0 Å². The molecule has 0 bridgehead atoms. The lowest BCUT2D eigenvalue weighted by atomic mass is 10.2. The van der Waals surface area contributed by atoms with E-state index in [4.69, 9.17) is 5.73 Å². The molecule has 0 saturated heterocycles. The highest BCUT2D eigenvalue weighted by molar-refractivity contribution is 5.91. The zero-order valence-corrected chi connectivity index (χ0v) is 7.58. The predicted octanol–water partition coefficient (Wildman–Crippen LogP) is 0.677. The Bertz CT molecular complexity index is 299. The van der Waals surface area contributed by atoms with Gasteiger partial charge in [-0.25, -0.2) is 0 Å². The molecule has 1 heterocycles. The summed E-state index contributed by atoms with van der Waals surface area (Å²) in [6.07, 6.45) is 3.70. The molecule has 3 N–H and O–H groups in total. The minimum Gasteiger partial charge on any atom is -0.330 e. The van der Waals surface area contributed by atoms with Gasteiger partial charge in [-0.05, 0) is 18.6 Å². The number of anilines is 1. The standard InChI is InChI=1S/C9H13N3O/c1-7-6-11-5-3-8(7)12-9(13)2-4-10/h3,5-6H,2,4,10H2,1H3,(H,11,12,13). The number of pyridine rings is 1. The van der Waals surface area contributed by atoms with Crippen molar-refractivity contribution in [3.05, 3.63) is 24.0 Å². The highest BCUT2D eigenvalue weighted by Crippen LogP contribution is 2.11. The van der Waals surface area contributed by atoms with Crippen molar-refractivity contribution in [1.29, 1.82) is 0 Å². The van der Waals surface area contributed by atoms with E-state index in [2.05, 4.69) is 10.3 Å². The Morgan fingerprint density at radius 1 is 1.69 bits per heavy atom. The molecule has 0 aliphatic carbocycles. The maximum Gasteiger partial charge on any atom is 0.225 e. The highest BCUT2D eigenvalue weighted by Gasteiger charge is 2.02. The molecule has 1 aromatic heterocycles. The van der Waals surface area contributed by atoms with Gasteiger partial charge in [0.1, 0.15) is 0 Å². The lowest BCUT2D eigenvalue weighted by molar-refractivity contribution is -0.116. The first-order valence-electron chi connectivity index (χ1n) is 4.14. The van der Waals surface area contributed by atoms with E-state index in [9.17, 15) is 4.79 Å². The van der Waals surface area contributed by atoms with E-state index in [1.54, 1.807) is 18.5 Å². The van der Waals surface area contributed by atoms with Crippen LogP contribution in [0.3, 0.4) is 0 Å². The number of carbonyl (C=O) groups excluding carboxylic acids is 1. The second-order valence-electron chi connectivity index (χ2n) is 2.78. The molecule has 0 fully saturated rings. The average Bonchev–Trinajstić information content (AvgIpc) is 2.09. The zero-order chi connectivity index (χ0) is 9.68. The van der Waals surface area contributed by atoms with Gasteiger partial charge in [0.15, 0.2) is 0 Å². The van der Waals surface area contributed by atoms with Crippen LogP contribution in [-0.2, 0) is 4.79 Å². The second kappa shape index (κ2) is 4.57. The maximum atomic E-state index is 11.2. The van der Waals surface area contributed by atoms with Crippen molar-refractivity contribution in [3.8, 4) is 0 Å². The molecule has 0 aliphatic rings. The highest BCUT2D eigenvalue weighted by atomic mass is 16.1. The van der Waals surface area contributed by atoms with Crippen molar-refractivity contribution in [2.45, 2.75) is 13.3 Å². The molecule has 1 rings (SSSR count). The Hall–Kier alpha value is -1.42. The number of nitrogens with one attached hydrogen (secondary N) is 1. The first-order valence-corrected chi connectivity index (χ1v) is 4.14. The number of nitrogens with zero attached hydrogens (tertiary/aromatic N) is 1. The largest absolute Gasteiger partial charge is 0.330 e. The second-order valence-corrected chi connectivity index (χ2v) is 2.78. The molecule has 0 aliphatic heterocycles. The Morgan fingerprint density at radius 3 is 3.08 bits per heavy atom. The summed E-state index contributed by atoms with van der Waals surface area (Å²) in [5, 5.41) is 2.75. The number of hydrogen-bond acceptors (Lipinski definition) is 3. The van der Waals surface area contributed by atoms with Gasteiger partial charge >= 0.3 is 0 Å². The van der Waals surface area contributed by atoms with E-state index in [1.807, 2.05) is 6.92 Å². The van der Waals surface area contributed by atoms with E-state index < -0.39 is 0 Å². The van der Waals surface area contributed by atoms with Gasteiger partial charge in [0, 0.05) is 31.0 Å². The lowest BCUT2D eigenvalue weighted by Crippen LogP contribution is -2.16. The molecule has 1 amide bonds. The average molecular weight is 179 g/mol. The zero-order valence-electron chi connectivity index (χ0n) is 7.58. The number of nitrogens with two attached hydrogens (primary N) is 1. The fraction of sp³-hybridized carbons (Fsp3) is 0.333. The van der Waals surface area contributed by atoms with Gasteiger partial charge < -0.3 is 11.1 Å². The van der Waals surface area contributed by atoms with E-state index in [0.29, 0.717) is 13.0 Å². The van der Waals surface area contributed by atoms with Crippen LogP contribution in [0.25, 0.3) is 0 Å². The topological polar surface area (TPSA) is 68.0 Å². The number of aryl methyl sites for hydroxylation is 1. The Kier molecular flexibility index (Phi) is 3.40. The normalized spacial score (nSPS) is 9.69. The molecular formula is C9H13N3O. The molecule has 0 spiro atoms. The minimum atomic E-state index is -0.0585. The van der Waals surface area contributed by atoms with Crippen molar-refractivity contribution in [1.82, 2.24) is 4.98 Å². The SMILES string of the molecule is Cc1cnccc1NC(=O)CCN. The first kappa shape index (κ1) is 9.67. The summed E-state index contributed by atoms with van der Waals surface area (Å²) in [7, 11) is 0. The fourth-order valence-corrected chi connectivity index (χ4v) is 0.957. The van der Waals surface area contributed by atoms with Crippen LogP contribution in [0, 0.1) is 6.92 Å². The predicted molar refractivity (Wildman–Crippen MR) is 51.3 cm³/mol. The third-order valence-electron chi connectivity index (χ3n) is 1.67. The van der Waals surface area contributed by atoms with Crippen LogP contribution in [0.4, 0.5) is 5.69 Å². The number of carbonyl (C=O) groups is 1. The number of rotatable bonds is 3. The summed E-state index contributed by atoms with van der Waals surface area (Å²) in [5.41, 5.74) is 7.00. The maximum absolute atomic E-state index is 11.2. The van der Waals surface area contributed by atoms with Crippen molar-refractivity contribution in [2.75, 3.05) is 11.9 Å². The Labute approximate surface area is 77.2 Å². The van der Waals surface area contributed by atoms with Crippen molar-refractivity contribution in [3.63, 3.8) is 0 Å². The van der Waals surface area contributed by atoms with E-state index in [1.165, 1.54) is 0 Å². The minimum absolute atomic E-state index is 0.0585. The fourth-order valence-electron chi connectivity index (χ4n) is 0.957. The summed E-state index contributed by atoms with van der Waals surface area (Å²) < 4.78 is 0. The summed E-state index contributed by atoms with van der Waals surface area (Å²) in [6.45, 7) is 2.26. The van der Waals surface area contributed by atoms with Crippen LogP contribution in [0.2, 0.25) is 0 Å². The van der Waals surface area contributed by atoms with Crippen LogP contribution >= 0.6 is 0 Å². The summed E-state index contributed by atoms with van der Waals surface area (Å²) in [5.74, 6) is -0.0585. The molecule has 0 saturated carbocycles. The Balaban J connectivity index is 2.63. The van der Waals surface area contributed by atoms with Gasteiger partial charge in [0.2, 0.25) is 5.91 Å².